The van der Waals surface area contributed by atoms with E-state index in [4.69, 9.17) is 0 Å². The van der Waals surface area contributed by atoms with E-state index in [9.17, 15) is 4.79 Å². The van der Waals surface area contributed by atoms with Gasteiger partial charge in [0.05, 0.1) is 5.75 Å². The minimum absolute atomic E-state index is 0.0163. The van der Waals surface area contributed by atoms with Crippen LogP contribution in [-0.2, 0) is 4.79 Å². The number of carbonyl (C=O) groups excluding carboxylic acids is 1. The lowest BCUT2D eigenvalue weighted by Crippen LogP contribution is -2.14. The molecule has 1 aromatic rings. The Morgan fingerprint density at radius 1 is 1.62 bits per heavy atom. The second-order valence-electron chi connectivity index (χ2n) is 3.32. The molecule has 86 valence electrons. The lowest BCUT2D eigenvalue weighted by atomic mass is 10.2. The summed E-state index contributed by atoms with van der Waals surface area (Å²) in [5.74, 6) is 1.27. The molecular formula is C12H14BrNOS. The first-order valence-electron chi connectivity index (χ1n) is 4.88. The zero-order valence-electron chi connectivity index (χ0n) is 9.13. The van der Waals surface area contributed by atoms with Crippen LogP contribution in [0.5, 0.6) is 0 Å². The van der Waals surface area contributed by atoms with E-state index in [2.05, 4.69) is 27.8 Å². The molecular weight excluding hydrogens is 286 g/mol. The van der Waals surface area contributed by atoms with Gasteiger partial charge in [-0.1, -0.05) is 28.1 Å². The van der Waals surface area contributed by atoms with Crippen molar-refractivity contribution in [2.24, 2.45) is 0 Å². The molecule has 4 heteroatoms. The molecule has 2 nitrogen and oxygen atoms in total. The van der Waals surface area contributed by atoms with Crippen LogP contribution in [0, 0.1) is 6.92 Å². The predicted octanol–water partition coefficient (Wildman–Crippen LogP) is 3.62. The highest BCUT2D eigenvalue weighted by Crippen LogP contribution is 2.20. The van der Waals surface area contributed by atoms with Crippen molar-refractivity contribution in [2.75, 3.05) is 16.8 Å². The number of anilines is 1. The summed E-state index contributed by atoms with van der Waals surface area (Å²) in [5.41, 5.74) is 1.97. The predicted molar refractivity (Wildman–Crippen MR) is 75.0 cm³/mol. The molecule has 0 radical (unpaired) electrons. The fraction of sp³-hybridized carbons (Fsp3) is 0.250. The quantitative estimate of drug-likeness (QED) is 0.665. The number of halogens is 1. The third kappa shape index (κ3) is 4.41. The molecule has 0 aliphatic carbocycles. The van der Waals surface area contributed by atoms with Gasteiger partial charge in [0.15, 0.2) is 0 Å². The van der Waals surface area contributed by atoms with Crippen LogP contribution in [0.2, 0.25) is 0 Å². The Morgan fingerprint density at radius 2 is 2.38 bits per heavy atom. The third-order valence-corrected chi connectivity index (χ3v) is 3.72. The zero-order valence-corrected chi connectivity index (χ0v) is 11.5. The van der Waals surface area contributed by atoms with Gasteiger partial charge >= 0.3 is 0 Å². The van der Waals surface area contributed by atoms with Crippen molar-refractivity contribution in [3.05, 3.63) is 40.9 Å². The van der Waals surface area contributed by atoms with Crippen molar-refractivity contribution in [3.63, 3.8) is 0 Å². The van der Waals surface area contributed by atoms with Crippen molar-refractivity contribution < 1.29 is 4.79 Å². The van der Waals surface area contributed by atoms with Crippen LogP contribution in [0.3, 0.4) is 0 Å². The van der Waals surface area contributed by atoms with Crippen LogP contribution >= 0.6 is 27.7 Å². The van der Waals surface area contributed by atoms with E-state index in [-0.39, 0.29) is 5.91 Å². The summed E-state index contributed by atoms with van der Waals surface area (Å²) in [5, 5.41) is 2.84. The van der Waals surface area contributed by atoms with Crippen molar-refractivity contribution in [1.29, 1.82) is 0 Å². The van der Waals surface area contributed by atoms with E-state index in [0.717, 1.165) is 21.5 Å². The van der Waals surface area contributed by atoms with E-state index in [0.29, 0.717) is 5.75 Å². The van der Waals surface area contributed by atoms with Gasteiger partial charge in [0, 0.05) is 15.9 Å². The van der Waals surface area contributed by atoms with Gasteiger partial charge in [0.2, 0.25) is 5.91 Å². The minimum atomic E-state index is 0.0163. The number of nitrogens with one attached hydrogen (secondary N) is 1. The van der Waals surface area contributed by atoms with Gasteiger partial charge in [0.1, 0.15) is 0 Å². The Labute approximate surface area is 109 Å². The van der Waals surface area contributed by atoms with Crippen molar-refractivity contribution in [1.82, 2.24) is 0 Å². The molecule has 0 bridgehead atoms. The second-order valence-corrected chi connectivity index (χ2v) is 5.20. The number of rotatable bonds is 5. The lowest BCUT2D eigenvalue weighted by molar-refractivity contribution is -0.113. The standard InChI is InChI=1S/C12H14BrNOS/c1-3-6-16-8-12(15)14-10-5-4-9(2)11(13)7-10/h3-5,7H,1,6,8H2,2H3,(H,14,15). The average Bonchev–Trinajstić information content (AvgIpc) is 2.24. The lowest BCUT2D eigenvalue weighted by Gasteiger charge is -2.06. The van der Waals surface area contributed by atoms with Crippen molar-refractivity contribution >= 4 is 39.3 Å². The number of thioether (sulfide) groups is 1. The maximum Gasteiger partial charge on any atom is 0.234 e. The molecule has 1 amide bonds. The smallest absolute Gasteiger partial charge is 0.234 e. The Morgan fingerprint density at radius 3 is 3.00 bits per heavy atom. The second kappa shape index (κ2) is 6.76. The molecule has 16 heavy (non-hydrogen) atoms. The minimum Gasteiger partial charge on any atom is -0.325 e. The van der Waals surface area contributed by atoms with E-state index in [1.54, 1.807) is 17.8 Å². The van der Waals surface area contributed by atoms with Gasteiger partial charge < -0.3 is 5.32 Å². The Hall–Kier alpha value is -0.740. The molecule has 0 saturated heterocycles. The van der Waals surface area contributed by atoms with E-state index in [1.807, 2.05) is 25.1 Å². The fourth-order valence-electron chi connectivity index (χ4n) is 1.10. The molecule has 0 aliphatic rings. The van der Waals surface area contributed by atoms with Gasteiger partial charge in [-0.15, -0.1) is 18.3 Å². The van der Waals surface area contributed by atoms with Gasteiger partial charge in [-0.05, 0) is 24.6 Å². The van der Waals surface area contributed by atoms with Crippen molar-refractivity contribution in [2.45, 2.75) is 6.92 Å². The van der Waals surface area contributed by atoms with E-state index >= 15 is 0 Å². The highest BCUT2D eigenvalue weighted by atomic mass is 79.9. The first kappa shape index (κ1) is 13.3. The average molecular weight is 300 g/mol. The van der Waals surface area contributed by atoms with Crippen molar-refractivity contribution in [3.8, 4) is 0 Å². The number of benzene rings is 1. The molecule has 0 aromatic heterocycles. The Bertz CT molecular complexity index is 393. The summed E-state index contributed by atoms with van der Waals surface area (Å²) in [6.07, 6.45) is 1.79. The maximum absolute atomic E-state index is 11.5. The molecule has 0 aliphatic heterocycles. The largest absolute Gasteiger partial charge is 0.325 e. The number of hydrogen-bond donors (Lipinski definition) is 1. The summed E-state index contributed by atoms with van der Waals surface area (Å²) in [4.78, 5) is 11.5. The number of carbonyl (C=O) groups is 1. The fourth-order valence-corrected chi connectivity index (χ4v) is 2.02. The van der Waals surface area contributed by atoms with Crippen LogP contribution in [-0.4, -0.2) is 17.4 Å². The molecule has 0 saturated carbocycles. The van der Waals surface area contributed by atoms with Crippen LogP contribution in [0.25, 0.3) is 0 Å². The summed E-state index contributed by atoms with van der Waals surface area (Å²) < 4.78 is 1.00. The summed E-state index contributed by atoms with van der Waals surface area (Å²) >= 11 is 4.98. The summed E-state index contributed by atoms with van der Waals surface area (Å²) in [6.45, 7) is 5.61. The maximum atomic E-state index is 11.5. The van der Waals surface area contributed by atoms with Gasteiger partial charge in [-0.2, -0.15) is 0 Å². The highest BCUT2D eigenvalue weighted by Gasteiger charge is 2.03. The van der Waals surface area contributed by atoms with E-state index in [1.165, 1.54) is 0 Å². The molecule has 0 unspecified atom stereocenters. The molecule has 0 atom stereocenters. The van der Waals surface area contributed by atoms with Crippen LogP contribution < -0.4 is 5.32 Å². The molecule has 1 N–H and O–H groups in total. The number of hydrogen-bond acceptors (Lipinski definition) is 2. The SMILES string of the molecule is C=CCSCC(=O)Nc1ccc(C)c(Br)c1. The monoisotopic (exact) mass is 299 g/mol. The van der Waals surface area contributed by atoms with Crippen LogP contribution in [0.1, 0.15) is 5.56 Å². The van der Waals surface area contributed by atoms with E-state index < -0.39 is 0 Å². The highest BCUT2D eigenvalue weighted by molar-refractivity contribution is 9.10. The molecule has 1 rings (SSSR count). The number of aryl methyl sites for hydroxylation is 1. The van der Waals surface area contributed by atoms with Gasteiger partial charge in [0.25, 0.3) is 0 Å². The summed E-state index contributed by atoms with van der Waals surface area (Å²) in [7, 11) is 0. The molecule has 1 aromatic carbocycles. The Kier molecular flexibility index (Phi) is 5.63. The normalized spacial score (nSPS) is 9.88. The number of amides is 1. The molecule has 0 fully saturated rings. The molecule has 0 spiro atoms. The topological polar surface area (TPSA) is 29.1 Å². The van der Waals surface area contributed by atoms with Crippen LogP contribution in [0.4, 0.5) is 5.69 Å². The first-order valence-corrected chi connectivity index (χ1v) is 6.83. The van der Waals surface area contributed by atoms with Gasteiger partial charge in [-0.3, -0.25) is 4.79 Å². The van der Waals surface area contributed by atoms with Gasteiger partial charge in [-0.25, -0.2) is 0 Å². The molecule has 0 heterocycles. The zero-order chi connectivity index (χ0) is 12.0. The van der Waals surface area contributed by atoms with Crippen LogP contribution in [0.15, 0.2) is 35.3 Å². The third-order valence-electron chi connectivity index (χ3n) is 1.92. The Balaban J connectivity index is 2.49. The first-order chi connectivity index (χ1) is 7.63. The summed E-state index contributed by atoms with van der Waals surface area (Å²) in [6, 6.07) is 5.78.